The number of nitrogens with zero attached hydrogens (tertiary/aromatic N) is 2. The minimum Gasteiger partial charge on any atom is -0.480 e. The van der Waals surface area contributed by atoms with Crippen LogP contribution in [0.5, 0.6) is 0 Å². The topological polar surface area (TPSA) is 89.1 Å². The number of hydrogen-bond acceptors (Lipinski definition) is 5. The maximum atomic E-state index is 10.9. The maximum absolute atomic E-state index is 10.9. The molecule has 16 heavy (non-hydrogen) atoms. The van der Waals surface area contributed by atoms with Crippen LogP contribution in [0.4, 0.5) is 0 Å². The molecule has 1 atom stereocenters. The van der Waals surface area contributed by atoms with Gasteiger partial charge in [-0.05, 0) is 24.6 Å². The molecule has 84 valence electrons. The highest BCUT2D eigenvalue weighted by atomic mass is 32.1. The summed E-state index contributed by atoms with van der Waals surface area (Å²) in [5, 5.41) is 8.92. The number of carbonyl (C=O) groups is 1. The van der Waals surface area contributed by atoms with Crippen molar-refractivity contribution >= 4 is 28.7 Å². The highest BCUT2D eigenvalue weighted by molar-refractivity contribution is 7.00. The molecule has 2 rings (SSSR count). The summed E-state index contributed by atoms with van der Waals surface area (Å²) in [5.41, 5.74) is 6.88. The Labute approximate surface area is 96.2 Å². The van der Waals surface area contributed by atoms with E-state index in [0.29, 0.717) is 0 Å². The van der Waals surface area contributed by atoms with Crippen LogP contribution in [0.2, 0.25) is 0 Å². The van der Waals surface area contributed by atoms with E-state index in [0.717, 1.165) is 28.3 Å². The Kier molecular flexibility index (Phi) is 2.61. The van der Waals surface area contributed by atoms with Gasteiger partial charge in [0.15, 0.2) is 0 Å². The van der Waals surface area contributed by atoms with Crippen LogP contribution in [0.1, 0.15) is 12.5 Å². The zero-order valence-electron chi connectivity index (χ0n) is 8.67. The zero-order chi connectivity index (χ0) is 11.8. The van der Waals surface area contributed by atoms with Crippen molar-refractivity contribution in [1.82, 2.24) is 8.75 Å². The van der Waals surface area contributed by atoms with Crippen molar-refractivity contribution in [3.63, 3.8) is 0 Å². The van der Waals surface area contributed by atoms with Gasteiger partial charge in [0.1, 0.15) is 16.6 Å². The molecule has 1 heterocycles. The number of rotatable bonds is 3. The molecular formula is C10H11N3O2S. The van der Waals surface area contributed by atoms with Crippen LogP contribution in [0.3, 0.4) is 0 Å². The van der Waals surface area contributed by atoms with E-state index >= 15 is 0 Å². The fourth-order valence-electron chi connectivity index (χ4n) is 1.44. The second-order valence-corrected chi connectivity index (χ2v) is 4.52. The van der Waals surface area contributed by atoms with Crippen molar-refractivity contribution in [2.75, 3.05) is 0 Å². The number of aliphatic carboxylic acids is 1. The first kappa shape index (κ1) is 11.0. The number of fused-ring (bicyclic) bond motifs is 1. The standard InChI is InChI=1S/C10H11N3O2S/c1-10(11,9(14)15)5-6-2-3-7-8(4-6)13-16-12-7/h2-4H,5,11H2,1H3,(H,14,15)/t10-/m0/s1. The Bertz CT molecular complexity index is 536. The average Bonchev–Trinajstić information content (AvgIpc) is 2.63. The van der Waals surface area contributed by atoms with Gasteiger partial charge in [0.05, 0.1) is 11.7 Å². The summed E-state index contributed by atoms with van der Waals surface area (Å²) >= 11 is 1.14. The van der Waals surface area contributed by atoms with Crippen molar-refractivity contribution in [1.29, 1.82) is 0 Å². The summed E-state index contributed by atoms with van der Waals surface area (Å²) in [6.07, 6.45) is 0.274. The minimum atomic E-state index is -1.25. The van der Waals surface area contributed by atoms with Crippen molar-refractivity contribution in [2.45, 2.75) is 18.9 Å². The van der Waals surface area contributed by atoms with Crippen LogP contribution in [-0.4, -0.2) is 25.4 Å². The van der Waals surface area contributed by atoms with Gasteiger partial charge in [0.25, 0.3) is 0 Å². The molecule has 0 amide bonds. The Morgan fingerprint density at radius 1 is 1.50 bits per heavy atom. The fourth-order valence-corrected chi connectivity index (χ4v) is 1.95. The zero-order valence-corrected chi connectivity index (χ0v) is 9.49. The van der Waals surface area contributed by atoms with Crippen LogP contribution in [-0.2, 0) is 11.2 Å². The van der Waals surface area contributed by atoms with E-state index in [-0.39, 0.29) is 6.42 Å². The molecule has 0 aliphatic carbocycles. The molecule has 0 saturated heterocycles. The van der Waals surface area contributed by atoms with E-state index in [9.17, 15) is 4.79 Å². The Hall–Kier alpha value is -1.53. The van der Waals surface area contributed by atoms with E-state index in [1.54, 1.807) is 0 Å². The van der Waals surface area contributed by atoms with E-state index in [1.165, 1.54) is 6.92 Å². The van der Waals surface area contributed by atoms with E-state index in [4.69, 9.17) is 10.8 Å². The highest BCUT2D eigenvalue weighted by Gasteiger charge is 2.28. The summed E-state index contributed by atoms with van der Waals surface area (Å²) < 4.78 is 8.17. The predicted octanol–water partition coefficient (Wildman–Crippen LogP) is 1.04. The lowest BCUT2D eigenvalue weighted by Crippen LogP contribution is -2.46. The van der Waals surface area contributed by atoms with Gasteiger partial charge < -0.3 is 10.8 Å². The first-order valence-corrected chi connectivity index (χ1v) is 5.45. The van der Waals surface area contributed by atoms with Crippen molar-refractivity contribution < 1.29 is 9.90 Å². The molecule has 6 heteroatoms. The monoisotopic (exact) mass is 237 g/mol. The summed E-state index contributed by atoms with van der Waals surface area (Å²) in [7, 11) is 0. The summed E-state index contributed by atoms with van der Waals surface area (Å²) in [4.78, 5) is 10.9. The van der Waals surface area contributed by atoms with Crippen molar-refractivity contribution in [2.24, 2.45) is 5.73 Å². The quantitative estimate of drug-likeness (QED) is 0.832. The third-order valence-corrected chi connectivity index (χ3v) is 2.93. The van der Waals surface area contributed by atoms with Gasteiger partial charge in [-0.2, -0.15) is 8.75 Å². The third-order valence-electron chi connectivity index (χ3n) is 2.38. The Morgan fingerprint density at radius 2 is 2.19 bits per heavy atom. The van der Waals surface area contributed by atoms with Gasteiger partial charge in [0.2, 0.25) is 0 Å². The summed E-state index contributed by atoms with van der Waals surface area (Å²) in [5.74, 6) is -1.01. The summed E-state index contributed by atoms with van der Waals surface area (Å²) in [6, 6.07) is 5.48. The van der Waals surface area contributed by atoms with Crippen molar-refractivity contribution in [3.05, 3.63) is 23.8 Å². The van der Waals surface area contributed by atoms with Crippen LogP contribution in [0, 0.1) is 0 Å². The van der Waals surface area contributed by atoms with Crippen LogP contribution >= 0.6 is 11.7 Å². The first-order chi connectivity index (χ1) is 7.49. The molecule has 1 aromatic heterocycles. The van der Waals surface area contributed by atoms with Crippen LogP contribution in [0.25, 0.3) is 11.0 Å². The van der Waals surface area contributed by atoms with Gasteiger partial charge in [-0.25, -0.2) is 0 Å². The lowest BCUT2D eigenvalue weighted by Gasteiger charge is -2.18. The van der Waals surface area contributed by atoms with Gasteiger partial charge in [-0.1, -0.05) is 6.07 Å². The molecule has 1 aromatic carbocycles. The third kappa shape index (κ3) is 2.02. The van der Waals surface area contributed by atoms with Crippen molar-refractivity contribution in [3.8, 4) is 0 Å². The molecule has 0 unspecified atom stereocenters. The van der Waals surface area contributed by atoms with Crippen LogP contribution < -0.4 is 5.73 Å². The van der Waals surface area contributed by atoms with E-state index in [2.05, 4.69) is 8.75 Å². The molecule has 0 spiro atoms. The lowest BCUT2D eigenvalue weighted by molar-refractivity contribution is -0.142. The Balaban J connectivity index is 2.30. The molecule has 0 saturated carbocycles. The molecule has 2 aromatic rings. The minimum absolute atomic E-state index is 0.274. The number of hydrogen-bond donors (Lipinski definition) is 2. The molecule has 0 bridgehead atoms. The summed E-state index contributed by atoms with van der Waals surface area (Å²) in [6.45, 7) is 1.50. The van der Waals surface area contributed by atoms with Gasteiger partial charge in [-0.15, -0.1) is 0 Å². The molecule has 0 fully saturated rings. The number of aromatic nitrogens is 2. The fraction of sp³-hybridized carbons (Fsp3) is 0.300. The van der Waals surface area contributed by atoms with Gasteiger partial charge in [-0.3, -0.25) is 4.79 Å². The molecule has 0 aliphatic rings. The number of carboxylic acids is 1. The van der Waals surface area contributed by atoms with E-state index < -0.39 is 11.5 Å². The number of nitrogens with two attached hydrogens (primary N) is 1. The average molecular weight is 237 g/mol. The first-order valence-electron chi connectivity index (χ1n) is 4.72. The molecule has 0 radical (unpaired) electrons. The van der Waals surface area contributed by atoms with Gasteiger partial charge in [0, 0.05) is 6.42 Å². The van der Waals surface area contributed by atoms with Gasteiger partial charge >= 0.3 is 5.97 Å². The predicted molar refractivity (Wildman–Crippen MR) is 61.3 cm³/mol. The van der Waals surface area contributed by atoms with Crippen LogP contribution in [0.15, 0.2) is 18.2 Å². The smallest absolute Gasteiger partial charge is 0.323 e. The number of benzene rings is 1. The second-order valence-electron chi connectivity index (χ2n) is 3.99. The van der Waals surface area contributed by atoms with E-state index in [1.807, 2.05) is 18.2 Å². The Morgan fingerprint density at radius 3 is 2.88 bits per heavy atom. The molecule has 5 nitrogen and oxygen atoms in total. The lowest BCUT2D eigenvalue weighted by atomic mass is 9.94. The normalized spacial score (nSPS) is 14.9. The molecule has 0 aliphatic heterocycles. The highest BCUT2D eigenvalue weighted by Crippen LogP contribution is 2.17. The maximum Gasteiger partial charge on any atom is 0.323 e. The molecule has 3 N–H and O–H groups in total. The number of carboxylic acid groups (broad SMARTS) is 1. The second kappa shape index (κ2) is 3.80. The molecular weight excluding hydrogens is 226 g/mol. The SMILES string of the molecule is C[C@](N)(Cc1ccc2nsnc2c1)C(=O)O. The largest absolute Gasteiger partial charge is 0.480 e.